The Morgan fingerprint density at radius 3 is 2.02 bits per heavy atom. The Morgan fingerprint density at radius 2 is 1.24 bits per heavy atom. The van der Waals surface area contributed by atoms with Crippen molar-refractivity contribution in [3.8, 4) is 22.5 Å². The summed E-state index contributed by atoms with van der Waals surface area (Å²) in [5, 5.41) is 10.8. The third-order valence-electron chi connectivity index (χ3n) is 12.7. The summed E-state index contributed by atoms with van der Waals surface area (Å²) in [5.74, 6) is 0. The number of nitrogens with zero attached hydrogens (tertiary/aromatic N) is 4. The molecule has 6 nitrogen and oxygen atoms in total. The maximum Gasteiger partial charge on any atom is 0.137 e. The van der Waals surface area contributed by atoms with Crippen molar-refractivity contribution in [1.82, 2.24) is 19.4 Å². The summed E-state index contributed by atoms with van der Waals surface area (Å²) in [6.07, 6.45) is 12.4. The van der Waals surface area contributed by atoms with Gasteiger partial charge in [0.1, 0.15) is 17.2 Å². The highest BCUT2D eigenvalue weighted by Gasteiger charge is 2.25. The minimum atomic E-state index is -0.117. The lowest BCUT2D eigenvalue weighted by Crippen LogP contribution is -2.28. The Kier molecular flexibility index (Phi) is 7.63. The summed E-state index contributed by atoms with van der Waals surface area (Å²) in [5.41, 5.74) is 15.2. The van der Waals surface area contributed by atoms with E-state index in [0.29, 0.717) is 0 Å². The lowest BCUT2D eigenvalue weighted by molar-refractivity contribution is 0.652. The first kappa shape index (κ1) is 34.6. The number of aromatic nitrogens is 3. The van der Waals surface area contributed by atoms with Crippen molar-refractivity contribution in [2.45, 2.75) is 12.1 Å². The summed E-state index contributed by atoms with van der Waals surface area (Å²) in [6.45, 7) is 0. The number of fused-ring (bicyclic) bond motifs is 9. The van der Waals surface area contributed by atoms with Crippen LogP contribution in [0.4, 0.5) is 0 Å². The quantitative estimate of drug-likeness (QED) is 0.182. The van der Waals surface area contributed by atoms with Gasteiger partial charge >= 0.3 is 0 Å². The van der Waals surface area contributed by atoms with Gasteiger partial charge in [-0.05, 0) is 113 Å². The lowest BCUT2D eigenvalue weighted by Gasteiger charge is -2.26. The molecule has 292 valence electrons. The highest BCUT2D eigenvalue weighted by molar-refractivity contribution is 6.20. The van der Waals surface area contributed by atoms with Crippen LogP contribution in [0, 0.1) is 0 Å². The molecule has 0 saturated heterocycles. The average molecular weight is 796 g/mol. The van der Waals surface area contributed by atoms with Gasteiger partial charge in [0.05, 0.1) is 33.8 Å². The minimum absolute atomic E-state index is 0.0759. The highest BCUT2D eigenvalue weighted by Crippen LogP contribution is 2.43. The Balaban J connectivity index is 0.989. The van der Waals surface area contributed by atoms with Crippen molar-refractivity contribution in [1.29, 1.82) is 0 Å². The molecule has 6 heterocycles. The minimum Gasteiger partial charge on any atom is -0.456 e. The summed E-state index contributed by atoms with van der Waals surface area (Å²) >= 11 is 0. The Morgan fingerprint density at radius 1 is 0.532 bits per heavy atom. The van der Waals surface area contributed by atoms with E-state index >= 15 is 0 Å². The van der Waals surface area contributed by atoms with E-state index in [1.165, 1.54) is 38.1 Å². The van der Waals surface area contributed by atoms with Crippen LogP contribution in [0.15, 0.2) is 215 Å². The second kappa shape index (κ2) is 13.7. The monoisotopic (exact) mass is 795 g/mol. The Hall–Kier alpha value is -8.22. The van der Waals surface area contributed by atoms with Gasteiger partial charge in [-0.25, -0.2) is 0 Å². The van der Waals surface area contributed by atoms with Crippen LogP contribution in [0.3, 0.4) is 0 Å². The van der Waals surface area contributed by atoms with E-state index in [4.69, 9.17) is 14.4 Å². The molecule has 62 heavy (non-hydrogen) atoms. The van der Waals surface area contributed by atoms with Crippen molar-refractivity contribution < 1.29 is 4.42 Å². The number of nitrogens with one attached hydrogen (secondary N) is 1. The summed E-state index contributed by atoms with van der Waals surface area (Å²) in [4.78, 5) is 9.48. The van der Waals surface area contributed by atoms with Gasteiger partial charge in [-0.15, -0.1) is 0 Å². The molecule has 0 aliphatic carbocycles. The third-order valence-corrected chi connectivity index (χ3v) is 12.7. The zero-order valence-corrected chi connectivity index (χ0v) is 33.5. The number of pyridine rings is 1. The maximum absolute atomic E-state index is 6.78. The van der Waals surface area contributed by atoms with Gasteiger partial charge in [0.15, 0.2) is 0 Å². The number of allylic oxidation sites excluding steroid dienone is 3. The molecule has 7 aromatic carbocycles. The zero-order chi connectivity index (χ0) is 40.7. The molecule has 2 atom stereocenters. The fourth-order valence-electron chi connectivity index (χ4n) is 9.86. The molecule has 13 rings (SSSR count). The zero-order valence-electron chi connectivity index (χ0n) is 33.5. The van der Waals surface area contributed by atoms with Crippen molar-refractivity contribution in [3.63, 3.8) is 0 Å². The van der Waals surface area contributed by atoms with Gasteiger partial charge in [0.2, 0.25) is 0 Å². The first-order valence-corrected chi connectivity index (χ1v) is 21.1. The fourth-order valence-corrected chi connectivity index (χ4v) is 9.86. The lowest BCUT2D eigenvalue weighted by atomic mass is 9.92. The van der Waals surface area contributed by atoms with E-state index in [1.54, 1.807) is 0 Å². The van der Waals surface area contributed by atoms with Crippen LogP contribution < -0.4 is 5.32 Å². The predicted octanol–water partition coefficient (Wildman–Crippen LogP) is 13.5. The fraction of sp³-hybridized carbons (Fsp3) is 0.0357. The van der Waals surface area contributed by atoms with Crippen LogP contribution in [0.25, 0.3) is 93.6 Å². The number of furan rings is 1. The molecule has 0 bridgehead atoms. The van der Waals surface area contributed by atoms with Crippen molar-refractivity contribution in [2.24, 2.45) is 4.99 Å². The molecule has 0 fully saturated rings. The van der Waals surface area contributed by atoms with E-state index in [1.807, 2.05) is 30.6 Å². The molecule has 4 aromatic heterocycles. The number of dihydropyridines is 1. The number of aliphatic imine (C=N–C) groups is 1. The average Bonchev–Trinajstić information content (AvgIpc) is 4.14. The summed E-state index contributed by atoms with van der Waals surface area (Å²) < 4.78 is 11.5. The molecule has 0 radical (unpaired) electrons. The van der Waals surface area contributed by atoms with Crippen molar-refractivity contribution in [2.75, 3.05) is 0 Å². The van der Waals surface area contributed by atoms with Gasteiger partial charge < -0.3 is 18.9 Å². The van der Waals surface area contributed by atoms with E-state index in [9.17, 15) is 0 Å². The van der Waals surface area contributed by atoms with Crippen molar-refractivity contribution >= 4 is 77.3 Å². The Bertz CT molecular complexity index is 3650. The second-order valence-corrected chi connectivity index (χ2v) is 16.2. The number of hydrogen-bond acceptors (Lipinski definition) is 4. The smallest absolute Gasteiger partial charge is 0.137 e. The first-order chi connectivity index (χ1) is 30.7. The topological polar surface area (TPSA) is 60.3 Å². The Labute approximate surface area is 356 Å². The molecule has 2 aliphatic rings. The number of hydrogen-bond donors (Lipinski definition) is 1. The first-order valence-electron chi connectivity index (χ1n) is 21.1. The molecule has 0 amide bonds. The molecule has 1 N–H and O–H groups in total. The van der Waals surface area contributed by atoms with Gasteiger partial charge in [0.25, 0.3) is 0 Å². The molecular formula is C56H37N5O. The van der Waals surface area contributed by atoms with Crippen LogP contribution in [0.5, 0.6) is 0 Å². The van der Waals surface area contributed by atoms with E-state index in [0.717, 1.165) is 72.4 Å². The number of rotatable bonds is 6. The van der Waals surface area contributed by atoms with Crippen LogP contribution >= 0.6 is 0 Å². The molecule has 11 aromatic rings. The normalized spacial score (nSPS) is 16.3. The molecule has 0 spiro atoms. The van der Waals surface area contributed by atoms with Crippen LogP contribution in [-0.4, -0.2) is 26.4 Å². The largest absolute Gasteiger partial charge is 0.456 e. The highest BCUT2D eigenvalue weighted by atomic mass is 16.3. The van der Waals surface area contributed by atoms with Crippen LogP contribution in [0.1, 0.15) is 17.3 Å². The molecular weight excluding hydrogens is 759 g/mol. The molecule has 6 heteroatoms. The molecule has 2 aliphatic heterocycles. The standard InChI is InChI=1S/C56H37N5O/c1-2-12-38(13-3-1)61-52-27-24-36(35-22-25-39(26-23-35)60-50-19-6-4-14-41(50)42-15-5-7-20-51(42)60)30-43(52)44-33-45-55(34-53(44)61)62-54-21-10-16-40(56(45)54)37-31-48(46-17-8-9-28-57-46)59-49(32-37)47-18-11-29-58-47/h1-34,47-48,59H. The van der Waals surface area contributed by atoms with Gasteiger partial charge in [-0.1, -0.05) is 97.1 Å². The summed E-state index contributed by atoms with van der Waals surface area (Å²) in [6, 6.07) is 60.7. The van der Waals surface area contributed by atoms with Crippen LogP contribution in [-0.2, 0) is 0 Å². The third kappa shape index (κ3) is 5.36. The molecule has 0 saturated carbocycles. The van der Waals surface area contributed by atoms with Gasteiger partial charge in [0, 0.05) is 67.9 Å². The van der Waals surface area contributed by atoms with E-state index in [-0.39, 0.29) is 12.1 Å². The van der Waals surface area contributed by atoms with Crippen molar-refractivity contribution in [3.05, 3.63) is 217 Å². The van der Waals surface area contributed by atoms with Gasteiger partial charge in [-0.2, -0.15) is 0 Å². The number of benzene rings is 7. The van der Waals surface area contributed by atoms with Gasteiger partial charge in [-0.3, -0.25) is 9.98 Å². The van der Waals surface area contributed by atoms with Crippen LogP contribution in [0.2, 0.25) is 0 Å². The predicted molar refractivity (Wildman–Crippen MR) is 255 cm³/mol. The van der Waals surface area contributed by atoms with E-state index in [2.05, 4.69) is 190 Å². The second-order valence-electron chi connectivity index (χ2n) is 16.2. The number of para-hydroxylation sites is 3. The SMILES string of the molecule is C1=CC(C2=CC(c3cccc4oc5cc6c(cc5c34)c3cc(-c4ccc(-n5c7ccccc7c7ccccc75)cc4)ccc3n6-c3ccccc3)=CC(c3ccccn3)N2)N=C1. The van der Waals surface area contributed by atoms with E-state index < -0.39 is 0 Å². The summed E-state index contributed by atoms with van der Waals surface area (Å²) in [7, 11) is 0. The maximum atomic E-state index is 6.78. The molecule has 2 unspecified atom stereocenters.